The zero-order chi connectivity index (χ0) is 14.8. The first-order chi connectivity index (χ1) is 10.2. The van der Waals surface area contributed by atoms with E-state index >= 15 is 0 Å². The van der Waals surface area contributed by atoms with Crippen molar-refractivity contribution >= 4 is 5.91 Å². The summed E-state index contributed by atoms with van der Waals surface area (Å²) in [7, 11) is 0. The summed E-state index contributed by atoms with van der Waals surface area (Å²) in [6, 6.07) is 8.20. The first-order valence-electron chi connectivity index (χ1n) is 7.31. The van der Waals surface area contributed by atoms with Gasteiger partial charge in [0.1, 0.15) is 5.82 Å². The second kappa shape index (κ2) is 5.68. The molecule has 1 aromatic carbocycles. The molecule has 110 valence electrons. The van der Waals surface area contributed by atoms with Gasteiger partial charge in [-0.05, 0) is 50.5 Å². The van der Waals surface area contributed by atoms with Crippen LogP contribution in [0.5, 0.6) is 0 Å². The van der Waals surface area contributed by atoms with Crippen LogP contribution >= 0.6 is 0 Å². The Morgan fingerprint density at radius 3 is 2.86 bits per heavy atom. The van der Waals surface area contributed by atoms with Crippen molar-refractivity contribution in [1.29, 1.82) is 0 Å². The molecule has 1 aliphatic carbocycles. The van der Waals surface area contributed by atoms with E-state index in [0.29, 0.717) is 24.0 Å². The lowest BCUT2D eigenvalue weighted by Gasteiger charge is -2.36. The van der Waals surface area contributed by atoms with Crippen molar-refractivity contribution in [3.63, 3.8) is 0 Å². The molecular weight excluding hydrogens is 269 g/mol. The second-order valence-corrected chi connectivity index (χ2v) is 5.30. The molecular formula is C16H18FN3O. The van der Waals surface area contributed by atoms with E-state index in [2.05, 4.69) is 5.10 Å². The van der Waals surface area contributed by atoms with E-state index in [1.165, 1.54) is 23.2 Å². The van der Waals surface area contributed by atoms with Crippen molar-refractivity contribution < 1.29 is 9.18 Å². The van der Waals surface area contributed by atoms with Crippen LogP contribution in [0, 0.1) is 5.82 Å². The predicted molar refractivity (Wildman–Crippen MR) is 77.9 cm³/mol. The first-order valence-corrected chi connectivity index (χ1v) is 7.31. The fraction of sp³-hybridized carbons (Fsp3) is 0.375. The molecule has 1 saturated carbocycles. The molecule has 0 spiro atoms. The molecule has 4 nitrogen and oxygen atoms in total. The standard InChI is InChI=1S/C16H18FN3O/c1-2-19(13-6-4-7-13)16(21)15-9-10-20(18-15)14-8-3-5-12(17)11-14/h3,5,8-11,13H,2,4,6-7H2,1H3. The van der Waals surface area contributed by atoms with Gasteiger partial charge in [-0.25, -0.2) is 9.07 Å². The Bertz CT molecular complexity index is 648. The van der Waals surface area contributed by atoms with Gasteiger partial charge in [0.2, 0.25) is 0 Å². The highest BCUT2D eigenvalue weighted by molar-refractivity contribution is 5.92. The van der Waals surface area contributed by atoms with E-state index < -0.39 is 0 Å². The fourth-order valence-corrected chi connectivity index (χ4v) is 2.61. The number of carbonyl (C=O) groups is 1. The van der Waals surface area contributed by atoms with Crippen molar-refractivity contribution in [3.8, 4) is 5.69 Å². The summed E-state index contributed by atoms with van der Waals surface area (Å²) in [6.45, 7) is 2.68. The molecule has 3 rings (SSSR count). The average molecular weight is 287 g/mol. The quantitative estimate of drug-likeness (QED) is 0.867. The number of aromatic nitrogens is 2. The number of amides is 1. The van der Waals surface area contributed by atoms with E-state index in [9.17, 15) is 9.18 Å². The fourth-order valence-electron chi connectivity index (χ4n) is 2.61. The number of nitrogens with zero attached hydrogens (tertiary/aromatic N) is 3. The van der Waals surface area contributed by atoms with Gasteiger partial charge >= 0.3 is 0 Å². The van der Waals surface area contributed by atoms with Gasteiger partial charge in [0.25, 0.3) is 5.91 Å². The van der Waals surface area contributed by atoms with Gasteiger partial charge in [0.05, 0.1) is 5.69 Å². The Labute approximate surface area is 123 Å². The summed E-state index contributed by atoms with van der Waals surface area (Å²) >= 11 is 0. The van der Waals surface area contributed by atoms with Crippen LogP contribution in [-0.4, -0.2) is 33.2 Å². The van der Waals surface area contributed by atoms with Gasteiger partial charge in [-0.3, -0.25) is 4.79 Å². The molecule has 0 atom stereocenters. The van der Waals surface area contributed by atoms with Gasteiger partial charge in [-0.1, -0.05) is 6.07 Å². The first kappa shape index (κ1) is 13.8. The normalized spacial score (nSPS) is 14.8. The summed E-state index contributed by atoms with van der Waals surface area (Å²) < 4.78 is 14.8. The number of halogens is 1. The van der Waals surface area contributed by atoms with Crippen LogP contribution < -0.4 is 0 Å². The van der Waals surface area contributed by atoms with E-state index in [1.807, 2.05) is 11.8 Å². The van der Waals surface area contributed by atoms with E-state index in [4.69, 9.17) is 0 Å². The summed E-state index contributed by atoms with van der Waals surface area (Å²) in [4.78, 5) is 14.4. The number of hydrogen-bond donors (Lipinski definition) is 0. The molecule has 1 aliphatic rings. The highest BCUT2D eigenvalue weighted by Crippen LogP contribution is 2.25. The van der Waals surface area contributed by atoms with Gasteiger partial charge in [-0.15, -0.1) is 0 Å². The van der Waals surface area contributed by atoms with Gasteiger partial charge < -0.3 is 4.90 Å². The van der Waals surface area contributed by atoms with Crippen LogP contribution in [0.15, 0.2) is 36.5 Å². The summed E-state index contributed by atoms with van der Waals surface area (Å²) in [5.74, 6) is -0.363. The van der Waals surface area contributed by atoms with Gasteiger partial charge in [0.15, 0.2) is 5.69 Å². The molecule has 0 aliphatic heterocycles. The van der Waals surface area contributed by atoms with Crippen molar-refractivity contribution in [2.24, 2.45) is 0 Å². The molecule has 0 unspecified atom stereocenters. The molecule has 0 saturated heterocycles. The second-order valence-electron chi connectivity index (χ2n) is 5.30. The molecule has 0 radical (unpaired) electrons. The molecule has 1 amide bonds. The molecule has 5 heteroatoms. The number of hydrogen-bond acceptors (Lipinski definition) is 2. The van der Waals surface area contributed by atoms with Crippen molar-refractivity contribution in [2.45, 2.75) is 32.2 Å². The van der Waals surface area contributed by atoms with E-state index in [-0.39, 0.29) is 11.7 Å². The third-order valence-corrected chi connectivity index (χ3v) is 4.00. The maximum absolute atomic E-state index is 13.2. The molecule has 2 aromatic rings. The van der Waals surface area contributed by atoms with E-state index in [0.717, 1.165) is 12.8 Å². The lowest BCUT2D eigenvalue weighted by Crippen LogP contribution is -2.44. The minimum atomic E-state index is -0.319. The highest BCUT2D eigenvalue weighted by atomic mass is 19.1. The Morgan fingerprint density at radius 2 is 2.24 bits per heavy atom. The molecule has 1 aromatic heterocycles. The van der Waals surface area contributed by atoms with Crippen molar-refractivity contribution in [3.05, 3.63) is 48.0 Å². The predicted octanol–water partition coefficient (Wildman–Crippen LogP) is 3.03. The maximum atomic E-state index is 13.2. The zero-order valence-corrected chi connectivity index (χ0v) is 12.0. The minimum absolute atomic E-state index is 0.0441. The SMILES string of the molecule is CCN(C(=O)c1ccn(-c2cccc(F)c2)n1)C1CCC1. The Balaban J connectivity index is 1.82. The number of carbonyl (C=O) groups excluding carboxylic acids is 1. The van der Waals surface area contributed by atoms with Crippen LogP contribution in [-0.2, 0) is 0 Å². The summed E-state index contributed by atoms with van der Waals surface area (Å²) in [5.41, 5.74) is 1.02. The number of benzene rings is 1. The molecule has 0 N–H and O–H groups in total. The number of rotatable bonds is 4. The smallest absolute Gasteiger partial charge is 0.274 e. The van der Waals surface area contributed by atoms with Crippen LogP contribution in [0.1, 0.15) is 36.7 Å². The lowest BCUT2D eigenvalue weighted by molar-refractivity contribution is 0.0589. The van der Waals surface area contributed by atoms with Gasteiger partial charge in [-0.2, -0.15) is 5.10 Å². The maximum Gasteiger partial charge on any atom is 0.274 e. The lowest BCUT2D eigenvalue weighted by atomic mass is 9.91. The molecule has 1 heterocycles. The van der Waals surface area contributed by atoms with Crippen LogP contribution in [0.2, 0.25) is 0 Å². The van der Waals surface area contributed by atoms with E-state index in [1.54, 1.807) is 24.4 Å². The Hall–Kier alpha value is -2.17. The van der Waals surface area contributed by atoms with Crippen molar-refractivity contribution in [1.82, 2.24) is 14.7 Å². The van der Waals surface area contributed by atoms with Crippen LogP contribution in [0.3, 0.4) is 0 Å². The largest absolute Gasteiger partial charge is 0.335 e. The average Bonchev–Trinajstić information content (AvgIpc) is 2.91. The summed E-state index contributed by atoms with van der Waals surface area (Å²) in [5, 5.41) is 4.29. The molecule has 0 bridgehead atoms. The minimum Gasteiger partial charge on any atom is -0.335 e. The monoisotopic (exact) mass is 287 g/mol. The third kappa shape index (κ3) is 2.68. The van der Waals surface area contributed by atoms with Crippen molar-refractivity contribution in [2.75, 3.05) is 6.54 Å². The Morgan fingerprint density at radius 1 is 1.43 bits per heavy atom. The molecule has 21 heavy (non-hydrogen) atoms. The summed E-state index contributed by atoms with van der Waals surface area (Å²) in [6.07, 6.45) is 5.02. The highest BCUT2D eigenvalue weighted by Gasteiger charge is 2.29. The van der Waals surface area contributed by atoms with Gasteiger partial charge in [0, 0.05) is 18.8 Å². The molecule has 1 fully saturated rings. The topological polar surface area (TPSA) is 38.1 Å². The third-order valence-electron chi connectivity index (χ3n) is 4.00. The van der Waals surface area contributed by atoms with Crippen LogP contribution in [0.25, 0.3) is 5.69 Å². The Kier molecular flexibility index (Phi) is 3.73. The van der Waals surface area contributed by atoms with Crippen LogP contribution in [0.4, 0.5) is 4.39 Å². The zero-order valence-electron chi connectivity index (χ0n) is 12.0.